The summed E-state index contributed by atoms with van der Waals surface area (Å²) in [5.74, 6) is -0.0405. The summed E-state index contributed by atoms with van der Waals surface area (Å²) in [5, 5.41) is 18.1. The number of anilines is 2. The zero-order chi connectivity index (χ0) is 17.0. The number of hydrogen-bond acceptors (Lipinski definition) is 7. The number of nitrogens with zero attached hydrogens (tertiary/aromatic N) is 2. The maximum absolute atomic E-state index is 13.8. The third-order valence-corrected chi connectivity index (χ3v) is 3.97. The molecule has 2 aromatic rings. The number of aromatic nitrogens is 2. The van der Waals surface area contributed by atoms with Crippen molar-refractivity contribution in [2.75, 3.05) is 17.7 Å². The molecule has 0 aliphatic heterocycles. The lowest BCUT2D eigenvalue weighted by Crippen LogP contribution is -2.14. The topological polar surface area (TPSA) is 134 Å². The standard InChI is InChI=1S/C13H15FN6O2S/c1-17-12-9(5-15)13(20-7-19-12)18-6-8-2-3-11(10(14)4-8)23(16,21)22/h2-5,7,15H,6H2,1H3,(H2,16,21,22)(H2,17,18,19,20). The van der Waals surface area contributed by atoms with Gasteiger partial charge in [-0.25, -0.2) is 27.9 Å². The lowest BCUT2D eigenvalue weighted by Gasteiger charge is -2.11. The van der Waals surface area contributed by atoms with Gasteiger partial charge in [-0.2, -0.15) is 0 Å². The van der Waals surface area contributed by atoms with E-state index in [1.54, 1.807) is 7.05 Å². The van der Waals surface area contributed by atoms with Crippen LogP contribution in [0.25, 0.3) is 0 Å². The van der Waals surface area contributed by atoms with Gasteiger partial charge in [0.1, 0.15) is 28.7 Å². The van der Waals surface area contributed by atoms with Crippen molar-refractivity contribution in [2.24, 2.45) is 5.14 Å². The molecule has 0 radical (unpaired) electrons. The maximum atomic E-state index is 13.8. The molecule has 23 heavy (non-hydrogen) atoms. The molecule has 5 N–H and O–H groups in total. The lowest BCUT2D eigenvalue weighted by molar-refractivity contribution is 0.567. The molecule has 1 heterocycles. The number of sulfonamides is 1. The summed E-state index contributed by atoms with van der Waals surface area (Å²) in [6.45, 7) is 0.183. The second kappa shape index (κ2) is 6.67. The van der Waals surface area contributed by atoms with Crippen LogP contribution >= 0.6 is 0 Å². The number of rotatable bonds is 6. The van der Waals surface area contributed by atoms with E-state index < -0.39 is 20.7 Å². The Morgan fingerprint density at radius 3 is 2.61 bits per heavy atom. The van der Waals surface area contributed by atoms with Crippen molar-refractivity contribution in [3.05, 3.63) is 41.5 Å². The minimum atomic E-state index is -4.09. The van der Waals surface area contributed by atoms with Gasteiger partial charge in [0.05, 0.1) is 5.56 Å². The van der Waals surface area contributed by atoms with E-state index in [0.717, 1.165) is 18.3 Å². The molecule has 0 fully saturated rings. The molecule has 0 bridgehead atoms. The Labute approximate surface area is 132 Å². The second-order valence-corrected chi connectivity index (χ2v) is 6.07. The van der Waals surface area contributed by atoms with Crippen molar-refractivity contribution < 1.29 is 12.8 Å². The number of nitrogens with one attached hydrogen (secondary N) is 3. The molecule has 0 aliphatic carbocycles. The van der Waals surface area contributed by atoms with E-state index in [9.17, 15) is 12.8 Å². The number of hydrogen-bond donors (Lipinski definition) is 4. The fraction of sp³-hybridized carbons (Fsp3) is 0.154. The summed E-state index contributed by atoms with van der Waals surface area (Å²) in [4.78, 5) is 7.46. The van der Waals surface area contributed by atoms with E-state index in [2.05, 4.69) is 20.6 Å². The van der Waals surface area contributed by atoms with Crippen molar-refractivity contribution >= 4 is 27.9 Å². The molecule has 0 amide bonds. The Morgan fingerprint density at radius 2 is 2.04 bits per heavy atom. The summed E-state index contributed by atoms with van der Waals surface area (Å²) in [7, 11) is -2.42. The van der Waals surface area contributed by atoms with Gasteiger partial charge < -0.3 is 16.0 Å². The van der Waals surface area contributed by atoms with Crippen LogP contribution in [0.5, 0.6) is 0 Å². The number of benzene rings is 1. The highest BCUT2D eigenvalue weighted by atomic mass is 32.2. The van der Waals surface area contributed by atoms with E-state index >= 15 is 0 Å². The van der Waals surface area contributed by atoms with Crippen LogP contribution in [0.3, 0.4) is 0 Å². The van der Waals surface area contributed by atoms with Crippen LogP contribution in [0.15, 0.2) is 29.4 Å². The van der Waals surface area contributed by atoms with Crippen molar-refractivity contribution in [1.29, 1.82) is 5.41 Å². The van der Waals surface area contributed by atoms with Gasteiger partial charge in [-0.3, -0.25) is 0 Å². The summed E-state index contributed by atoms with van der Waals surface area (Å²) >= 11 is 0. The SMILES string of the molecule is CNc1ncnc(NCc2ccc(S(N)(=O)=O)c(F)c2)c1C=N. The predicted octanol–water partition coefficient (Wildman–Crippen LogP) is 0.915. The van der Waals surface area contributed by atoms with Crippen LogP contribution < -0.4 is 15.8 Å². The normalized spacial score (nSPS) is 11.1. The lowest BCUT2D eigenvalue weighted by atomic mass is 10.2. The van der Waals surface area contributed by atoms with Crippen LogP contribution in [-0.4, -0.2) is 31.6 Å². The molecule has 1 aromatic heterocycles. The third-order valence-electron chi connectivity index (χ3n) is 3.03. The fourth-order valence-corrected chi connectivity index (χ4v) is 2.53. The van der Waals surface area contributed by atoms with E-state index in [1.807, 2.05) is 0 Å². The van der Waals surface area contributed by atoms with Crippen LogP contribution in [-0.2, 0) is 16.6 Å². The minimum absolute atomic E-state index is 0.183. The molecule has 2 rings (SSSR count). The van der Waals surface area contributed by atoms with Gasteiger partial charge in [-0.1, -0.05) is 6.07 Å². The molecule has 1 aromatic carbocycles. The Hall–Kier alpha value is -2.59. The molecule has 0 unspecified atom stereocenters. The van der Waals surface area contributed by atoms with Gasteiger partial charge in [-0.05, 0) is 17.7 Å². The van der Waals surface area contributed by atoms with Crippen molar-refractivity contribution in [1.82, 2.24) is 9.97 Å². The second-order valence-electron chi connectivity index (χ2n) is 4.54. The Balaban J connectivity index is 2.22. The van der Waals surface area contributed by atoms with E-state index in [0.29, 0.717) is 22.8 Å². The van der Waals surface area contributed by atoms with Gasteiger partial charge in [0.2, 0.25) is 10.0 Å². The predicted molar refractivity (Wildman–Crippen MR) is 84.6 cm³/mol. The van der Waals surface area contributed by atoms with Crippen molar-refractivity contribution in [3.8, 4) is 0 Å². The van der Waals surface area contributed by atoms with Crippen LogP contribution in [0.1, 0.15) is 11.1 Å². The minimum Gasteiger partial charge on any atom is -0.372 e. The third kappa shape index (κ3) is 3.79. The first kappa shape index (κ1) is 16.8. The number of primary sulfonamides is 1. The number of halogens is 1. The van der Waals surface area contributed by atoms with Crippen molar-refractivity contribution in [2.45, 2.75) is 11.4 Å². The van der Waals surface area contributed by atoms with Crippen LogP contribution in [0.2, 0.25) is 0 Å². The Morgan fingerprint density at radius 1 is 1.35 bits per heavy atom. The molecule has 0 saturated heterocycles. The smallest absolute Gasteiger partial charge is 0.240 e. The van der Waals surface area contributed by atoms with Crippen molar-refractivity contribution in [3.63, 3.8) is 0 Å². The van der Waals surface area contributed by atoms with E-state index in [4.69, 9.17) is 10.5 Å². The average Bonchev–Trinajstić information content (AvgIpc) is 2.51. The highest BCUT2D eigenvalue weighted by Crippen LogP contribution is 2.19. The van der Waals surface area contributed by atoms with E-state index in [1.165, 1.54) is 12.4 Å². The van der Waals surface area contributed by atoms with Gasteiger partial charge in [0.15, 0.2) is 0 Å². The first-order chi connectivity index (χ1) is 10.9. The Bertz CT molecular complexity index is 840. The number of nitrogens with two attached hydrogens (primary N) is 1. The average molecular weight is 338 g/mol. The highest BCUT2D eigenvalue weighted by Gasteiger charge is 2.14. The molecular formula is C13H15FN6O2S. The first-order valence-electron chi connectivity index (χ1n) is 6.45. The summed E-state index contributed by atoms with van der Waals surface area (Å²) in [6, 6.07) is 3.63. The van der Waals surface area contributed by atoms with Crippen LogP contribution in [0, 0.1) is 11.2 Å². The van der Waals surface area contributed by atoms with Gasteiger partial charge >= 0.3 is 0 Å². The molecule has 8 nitrogen and oxygen atoms in total. The molecule has 0 spiro atoms. The maximum Gasteiger partial charge on any atom is 0.240 e. The monoisotopic (exact) mass is 338 g/mol. The summed E-state index contributed by atoms with van der Waals surface area (Å²) < 4.78 is 36.1. The Kier molecular flexibility index (Phi) is 4.86. The molecule has 0 aliphatic rings. The quantitative estimate of drug-likeness (QED) is 0.579. The van der Waals surface area contributed by atoms with Crippen LogP contribution in [0.4, 0.5) is 16.0 Å². The molecule has 0 atom stereocenters. The summed E-state index contributed by atoms with van der Waals surface area (Å²) in [5.41, 5.74) is 0.951. The largest absolute Gasteiger partial charge is 0.372 e. The van der Waals surface area contributed by atoms with Gasteiger partial charge in [0.25, 0.3) is 0 Å². The summed E-state index contributed by atoms with van der Waals surface area (Å²) in [6.07, 6.45) is 2.42. The van der Waals surface area contributed by atoms with Gasteiger partial charge in [0, 0.05) is 19.8 Å². The zero-order valence-electron chi connectivity index (χ0n) is 12.2. The first-order valence-corrected chi connectivity index (χ1v) is 7.99. The molecule has 10 heteroatoms. The highest BCUT2D eigenvalue weighted by molar-refractivity contribution is 7.89. The zero-order valence-corrected chi connectivity index (χ0v) is 13.0. The molecule has 122 valence electrons. The molecule has 0 saturated carbocycles. The fourth-order valence-electron chi connectivity index (χ4n) is 1.94. The molecular weight excluding hydrogens is 323 g/mol. The van der Waals surface area contributed by atoms with E-state index in [-0.39, 0.29) is 6.54 Å². The van der Waals surface area contributed by atoms with Gasteiger partial charge in [-0.15, -0.1) is 0 Å².